The van der Waals surface area contributed by atoms with Crippen LogP contribution in [0.2, 0.25) is 0 Å². The summed E-state index contributed by atoms with van der Waals surface area (Å²) in [6.45, 7) is 5.45. The van der Waals surface area contributed by atoms with Gasteiger partial charge in [0, 0.05) is 18.3 Å². The Bertz CT molecular complexity index is 416. The largest absolute Gasteiger partial charge is 0.250 e. The Labute approximate surface area is 117 Å². The molecule has 2 aliphatic carbocycles. The van der Waals surface area contributed by atoms with Crippen LogP contribution in [-0.4, -0.2) is 20.1 Å². The van der Waals surface area contributed by atoms with Gasteiger partial charge in [-0.2, -0.15) is 5.10 Å². The summed E-state index contributed by atoms with van der Waals surface area (Å²) >= 11 is 3.75. The molecular formula is C14H22BrN3. The van der Waals surface area contributed by atoms with Crippen LogP contribution in [0, 0.1) is 23.2 Å². The van der Waals surface area contributed by atoms with E-state index in [0.717, 1.165) is 30.1 Å². The fraction of sp³-hybridized carbons (Fsp3) is 0.857. The molecule has 1 heterocycles. The number of nitrogens with zero attached hydrogens (tertiary/aromatic N) is 3. The fourth-order valence-electron chi connectivity index (χ4n) is 3.57. The average molecular weight is 312 g/mol. The normalized spacial score (nSPS) is 34.0. The van der Waals surface area contributed by atoms with Crippen LogP contribution in [0.25, 0.3) is 0 Å². The van der Waals surface area contributed by atoms with E-state index in [9.17, 15) is 0 Å². The molecule has 18 heavy (non-hydrogen) atoms. The van der Waals surface area contributed by atoms with Gasteiger partial charge in [0.25, 0.3) is 0 Å². The highest BCUT2D eigenvalue weighted by Gasteiger charge is 2.53. The molecule has 4 heteroatoms. The van der Waals surface area contributed by atoms with Gasteiger partial charge in [-0.25, -0.2) is 9.67 Å². The van der Waals surface area contributed by atoms with Gasteiger partial charge in [0.15, 0.2) is 0 Å². The summed E-state index contributed by atoms with van der Waals surface area (Å²) in [7, 11) is 0. The first-order valence-electron chi connectivity index (χ1n) is 7.04. The average Bonchev–Trinajstić information content (AvgIpc) is 2.73. The number of aromatic nitrogens is 3. The smallest absolute Gasteiger partial charge is 0.138 e. The summed E-state index contributed by atoms with van der Waals surface area (Å²) in [6.07, 6.45) is 7.07. The molecule has 1 aromatic heterocycles. The second-order valence-electron chi connectivity index (χ2n) is 6.73. The molecule has 0 N–H and O–H groups in total. The third kappa shape index (κ3) is 2.36. The first-order chi connectivity index (χ1) is 8.62. The van der Waals surface area contributed by atoms with Gasteiger partial charge in [-0.1, -0.05) is 29.8 Å². The van der Waals surface area contributed by atoms with Crippen molar-refractivity contribution in [2.45, 2.75) is 46.1 Å². The van der Waals surface area contributed by atoms with Crippen LogP contribution in [-0.2, 0) is 13.0 Å². The van der Waals surface area contributed by atoms with Gasteiger partial charge in [0.05, 0.1) is 0 Å². The van der Waals surface area contributed by atoms with Crippen molar-refractivity contribution < 1.29 is 0 Å². The molecule has 0 aromatic carbocycles. The van der Waals surface area contributed by atoms with Gasteiger partial charge in [-0.3, -0.25) is 0 Å². The number of alkyl halides is 1. The van der Waals surface area contributed by atoms with E-state index in [1.54, 1.807) is 6.33 Å². The summed E-state index contributed by atoms with van der Waals surface area (Å²) < 4.78 is 2.11. The maximum absolute atomic E-state index is 4.50. The van der Waals surface area contributed by atoms with Crippen molar-refractivity contribution in [3.63, 3.8) is 0 Å². The highest BCUT2D eigenvalue weighted by Crippen LogP contribution is 2.61. The maximum atomic E-state index is 4.50. The van der Waals surface area contributed by atoms with Crippen molar-refractivity contribution in [3.8, 4) is 0 Å². The van der Waals surface area contributed by atoms with E-state index in [-0.39, 0.29) is 0 Å². The molecule has 0 spiro atoms. The maximum Gasteiger partial charge on any atom is 0.138 e. The topological polar surface area (TPSA) is 30.7 Å². The Balaban J connectivity index is 1.73. The summed E-state index contributed by atoms with van der Waals surface area (Å²) in [5, 5.41) is 5.50. The van der Waals surface area contributed by atoms with Crippen LogP contribution < -0.4 is 0 Å². The molecular weight excluding hydrogens is 290 g/mol. The number of hydrogen-bond donors (Lipinski definition) is 0. The Morgan fingerprint density at radius 3 is 2.78 bits per heavy atom. The van der Waals surface area contributed by atoms with Gasteiger partial charge in [0.1, 0.15) is 12.2 Å². The molecule has 2 saturated carbocycles. The van der Waals surface area contributed by atoms with E-state index in [4.69, 9.17) is 0 Å². The Morgan fingerprint density at radius 1 is 1.44 bits per heavy atom. The lowest BCUT2D eigenvalue weighted by atomic mass is 9.81. The van der Waals surface area contributed by atoms with E-state index >= 15 is 0 Å². The van der Waals surface area contributed by atoms with E-state index in [1.807, 2.05) is 0 Å². The highest BCUT2D eigenvalue weighted by atomic mass is 79.9. The number of fused-ring (bicyclic) bond motifs is 1. The monoisotopic (exact) mass is 311 g/mol. The fourth-order valence-corrected chi connectivity index (χ4v) is 4.22. The van der Waals surface area contributed by atoms with Crippen molar-refractivity contribution in [1.82, 2.24) is 14.8 Å². The van der Waals surface area contributed by atoms with Crippen LogP contribution in [0.3, 0.4) is 0 Å². The van der Waals surface area contributed by atoms with Crippen molar-refractivity contribution in [1.29, 1.82) is 0 Å². The molecule has 3 nitrogen and oxygen atoms in total. The molecule has 0 aliphatic heterocycles. The lowest BCUT2D eigenvalue weighted by molar-refractivity contribution is 0.292. The van der Waals surface area contributed by atoms with Crippen molar-refractivity contribution in [2.75, 3.05) is 5.33 Å². The lowest BCUT2D eigenvalue weighted by Crippen LogP contribution is -2.26. The molecule has 0 amide bonds. The summed E-state index contributed by atoms with van der Waals surface area (Å²) in [5.74, 6) is 3.85. The quantitative estimate of drug-likeness (QED) is 0.781. The zero-order valence-corrected chi connectivity index (χ0v) is 12.9. The SMILES string of the molecule is CC(C)Cn1ncnc1CC1(CBr)CC2CC2C1. The van der Waals surface area contributed by atoms with Crippen molar-refractivity contribution >= 4 is 15.9 Å². The van der Waals surface area contributed by atoms with E-state index < -0.39 is 0 Å². The molecule has 2 unspecified atom stereocenters. The van der Waals surface area contributed by atoms with Gasteiger partial charge >= 0.3 is 0 Å². The number of halogens is 1. The van der Waals surface area contributed by atoms with Gasteiger partial charge in [-0.05, 0) is 42.4 Å². The van der Waals surface area contributed by atoms with Crippen molar-refractivity contribution in [2.24, 2.45) is 23.2 Å². The zero-order chi connectivity index (χ0) is 12.8. The van der Waals surface area contributed by atoms with Crippen molar-refractivity contribution in [3.05, 3.63) is 12.2 Å². The van der Waals surface area contributed by atoms with E-state index in [0.29, 0.717) is 11.3 Å². The second kappa shape index (κ2) is 4.62. The standard InChI is InChI=1S/C14H22BrN3/c1-10(2)7-18-13(16-9-17-18)6-14(8-15)4-11-3-12(11)5-14/h9-12H,3-8H2,1-2H3. The van der Waals surface area contributed by atoms with Crippen LogP contribution in [0.1, 0.15) is 38.9 Å². The van der Waals surface area contributed by atoms with Gasteiger partial charge in [0.2, 0.25) is 0 Å². The first kappa shape index (κ1) is 12.6. The van der Waals surface area contributed by atoms with Gasteiger partial charge < -0.3 is 0 Å². The minimum Gasteiger partial charge on any atom is -0.250 e. The Hall–Kier alpha value is -0.380. The molecule has 100 valence electrons. The molecule has 3 rings (SSSR count). The van der Waals surface area contributed by atoms with Crippen LogP contribution in [0.5, 0.6) is 0 Å². The highest BCUT2D eigenvalue weighted by molar-refractivity contribution is 9.09. The van der Waals surface area contributed by atoms with Crippen LogP contribution in [0.15, 0.2) is 6.33 Å². The second-order valence-corrected chi connectivity index (χ2v) is 7.29. The minimum absolute atomic E-state index is 0.454. The Morgan fingerprint density at radius 2 is 2.17 bits per heavy atom. The minimum atomic E-state index is 0.454. The van der Waals surface area contributed by atoms with E-state index in [2.05, 4.69) is 44.5 Å². The summed E-state index contributed by atoms with van der Waals surface area (Å²) in [5.41, 5.74) is 0.454. The lowest BCUT2D eigenvalue weighted by Gasteiger charge is -2.28. The zero-order valence-electron chi connectivity index (χ0n) is 11.3. The third-order valence-electron chi connectivity index (χ3n) is 4.51. The number of hydrogen-bond acceptors (Lipinski definition) is 2. The molecule has 2 aliphatic rings. The predicted molar refractivity (Wildman–Crippen MR) is 75.6 cm³/mol. The molecule has 1 aromatic rings. The molecule has 2 fully saturated rings. The third-order valence-corrected chi connectivity index (χ3v) is 5.70. The molecule has 0 radical (unpaired) electrons. The summed E-state index contributed by atoms with van der Waals surface area (Å²) in [4.78, 5) is 4.50. The summed E-state index contributed by atoms with van der Waals surface area (Å²) in [6, 6.07) is 0. The predicted octanol–water partition coefficient (Wildman–Crippen LogP) is 3.29. The molecule has 0 saturated heterocycles. The molecule has 2 atom stereocenters. The van der Waals surface area contributed by atoms with E-state index in [1.165, 1.54) is 25.1 Å². The van der Waals surface area contributed by atoms with Crippen LogP contribution in [0.4, 0.5) is 0 Å². The van der Waals surface area contributed by atoms with Crippen LogP contribution >= 0.6 is 15.9 Å². The number of rotatable bonds is 5. The first-order valence-corrected chi connectivity index (χ1v) is 8.17. The van der Waals surface area contributed by atoms with Gasteiger partial charge in [-0.15, -0.1) is 0 Å². The molecule has 0 bridgehead atoms. The Kier molecular flexibility index (Phi) is 3.25.